The van der Waals surface area contributed by atoms with Gasteiger partial charge < -0.3 is 19.7 Å². The molecule has 2 heterocycles. The highest BCUT2D eigenvalue weighted by Crippen LogP contribution is 2.49. The third-order valence-corrected chi connectivity index (χ3v) is 7.17. The van der Waals surface area contributed by atoms with Crippen molar-refractivity contribution in [1.29, 1.82) is 0 Å². The minimum Gasteiger partial charge on any atom is -0.508 e. The molecular weight excluding hydrogens is 469 g/mol. The molecule has 1 fully saturated rings. The van der Waals surface area contributed by atoms with Crippen molar-refractivity contribution < 1.29 is 24.1 Å². The zero-order valence-electron chi connectivity index (χ0n) is 21.2. The van der Waals surface area contributed by atoms with E-state index in [4.69, 9.17) is 9.47 Å². The summed E-state index contributed by atoms with van der Waals surface area (Å²) in [6.45, 7) is 4.88. The molecular formula is C31H34FNO4. The fourth-order valence-corrected chi connectivity index (χ4v) is 5.19. The number of alkyl halides is 1. The monoisotopic (exact) mass is 503 g/mol. The average molecular weight is 504 g/mol. The second kappa shape index (κ2) is 11.3. The predicted molar refractivity (Wildman–Crippen MR) is 144 cm³/mol. The van der Waals surface area contributed by atoms with Gasteiger partial charge in [0, 0.05) is 36.7 Å². The largest absolute Gasteiger partial charge is 0.508 e. The van der Waals surface area contributed by atoms with Crippen LogP contribution in [0.3, 0.4) is 0 Å². The van der Waals surface area contributed by atoms with Crippen LogP contribution in [0.4, 0.5) is 4.39 Å². The Morgan fingerprint density at radius 3 is 2.51 bits per heavy atom. The maximum Gasteiger partial charge on any atom is 0.150 e. The summed E-state index contributed by atoms with van der Waals surface area (Å²) in [6.07, 6.45) is 2.49. The Morgan fingerprint density at radius 2 is 1.78 bits per heavy atom. The van der Waals surface area contributed by atoms with Crippen LogP contribution in [-0.4, -0.2) is 48.0 Å². The quantitative estimate of drug-likeness (QED) is 0.326. The van der Waals surface area contributed by atoms with Gasteiger partial charge in [-0.1, -0.05) is 37.6 Å². The van der Waals surface area contributed by atoms with Crippen LogP contribution in [0.2, 0.25) is 0 Å². The highest BCUT2D eigenvalue weighted by atomic mass is 19.1. The Labute approximate surface area is 217 Å². The molecule has 3 aromatic rings. The lowest BCUT2D eigenvalue weighted by Gasteiger charge is -2.37. The molecule has 5 nitrogen and oxygen atoms in total. The lowest BCUT2D eigenvalue weighted by atomic mass is 9.83. The van der Waals surface area contributed by atoms with E-state index in [2.05, 4.69) is 11.8 Å². The first-order valence-electron chi connectivity index (χ1n) is 13.1. The maximum atomic E-state index is 12.6. The number of fused-ring (bicyclic) bond motifs is 1. The van der Waals surface area contributed by atoms with E-state index in [1.165, 1.54) is 0 Å². The van der Waals surface area contributed by atoms with Gasteiger partial charge in [-0.3, -0.25) is 9.29 Å². The van der Waals surface area contributed by atoms with Crippen LogP contribution in [0.1, 0.15) is 49.0 Å². The van der Waals surface area contributed by atoms with Gasteiger partial charge in [0.15, 0.2) is 0 Å². The molecule has 0 aliphatic carbocycles. The number of benzene rings is 3. The summed E-state index contributed by atoms with van der Waals surface area (Å²) < 4.78 is 25.1. The van der Waals surface area contributed by atoms with Crippen LogP contribution in [0.5, 0.6) is 23.0 Å². The number of phenolic OH excluding ortho intramolecular Hbond substituents is 2. The van der Waals surface area contributed by atoms with Gasteiger partial charge in [0.1, 0.15) is 35.7 Å². The van der Waals surface area contributed by atoms with E-state index in [1.807, 2.05) is 42.5 Å². The summed E-state index contributed by atoms with van der Waals surface area (Å²) in [7, 11) is 0. The van der Waals surface area contributed by atoms with Crippen molar-refractivity contribution in [3.8, 4) is 23.0 Å². The number of rotatable bonds is 10. The van der Waals surface area contributed by atoms with Crippen LogP contribution >= 0.6 is 0 Å². The predicted octanol–water partition coefficient (Wildman–Crippen LogP) is 6.61. The maximum absolute atomic E-state index is 12.6. The normalized spacial score (nSPS) is 17.7. The molecule has 2 N–H and O–H groups in total. The molecule has 3 aromatic carbocycles. The minimum atomic E-state index is -0.376. The van der Waals surface area contributed by atoms with E-state index in [-0.39, 0.29) is 30.2 Å². The van der Waals surface area contributed by atoms with Crippen LogP contribution < -0.4 is 9.47 Å². The van der Waals surface area contributed by atoms with Crippen LogP contribution in [0, 0.1) is 5.92 Å². The van der Waals surface area contributed by atoms with Gasteiger partial charge in [0.25, 0.3) is 0 Å². The molecule has 5 rings (SSSR count). The number of hydrogen-bond acceptors (Lipinski definition) is 5. The van der Waals surface area contributed by atoms with E-state index in [9.17, 15) is 14.6 Å². The molecule has 0 amide bonds. The number of allylic oxidation sites excluding steroid dienone is 1. The van der Waals surface area contributed by atoms with Gasteiger partial charge in [-0.25, -0.2) is 0 Å². The van der Waals surface area contributed by atoms with Crippen molar-refractivity contribution in [2.45, 2.75) is 32.3 Å². The Kier molecular flexibility index (Phi) is 7.65. The number of halogens is 1. The first kappa shape index (κ1) is 25.2. The molecule has 0 aromatic heterocycles. The molecule has 0 spiro atoms. The SMILES string of the molecule is CCCCC1=C(c2cccc(O)c2)C(c2ccc(OCCN3CC(CF)C3)cc2)Oc2ccc(O)cc21. The first-order chi connectivity index (χ1) is 18.1. The molecule has 0 bridgehead atoms. The zero-order valence-corrected chi connectivity index (χ0v) is 21.2. The number of nitrogens with zero attached hydrogens (tertiary/aromatic N) is 1. The standard InChI is InChI=1S/C31H34FNO4/c1-2-3-7-27-28-17-25(35)10-13-29(28)37-31(30(27)23-5-4-6-24(34)16-23)22-8-11-26(12-9-22)36-15-14-33-19-21(18-32)20-33/h4-6,8-13,16-17,21,31,34-35H,2-3,7,14-15,18-20H2,1H3. The number of unbranched alkanes of at least 4 members (excludes halogenated alkanes) is 1. The van der Waals surface area contributed by atoms with E-state index in [1.54, 1.807) is 24.3 Å². The number of ether oxygens (including phenoxy) is 2. The molecule has 1 atom stereocenters. The first-order valence-corrected chi connectivity index (χ1v) is 13.1. The summed E-state index contributed by atoms with van der Waals surface area (Å²) in [4.78, 5) is 2.20. The van der Waals surface area contributed by atoms with Gasteiger partial charge in [0.05, 0.1) is 6.67 Å². The molecule has 37 heavy (non-hydrogen) atoms. The molecule has 0 saturated carbocycles. The lowest BCUT2D eigenvalue weighted by Crippen LogP contribution is -2.49. The Bertz CT molecular complexity index is 1250. The van der Waals surface area contributed by atoms with E-state index >= 15 is 0 Å². The van der Waals surface area contributed by atoms with Gasteiger partial charge in [-0.2, -0.15) is 0 Å². The minimum absolute atomic E-state index is 0.180. The van der Waals surface area contributed by atoms with Crippen molar-refractivity contribution in [2.24, 2.45) is 5.92 Å². The van der Waals surface area contributed by atoms with Crippen molar-refractivity contribution in [2.75, 3.05) is 32.9 Å². The fourth-order valence-electron chi connectivity index (χ4n) is 5.19. The second-order valence-corrected chi connectivity index (χ2v) is 9.92. The smallest absolute Gasteiger partial charge is 0.150 e. The van der Waals surface area contributed by atoms with Crippen molar-refractivity contribution >= 4 is 11.1 Å². The molecule has 194 valence electrons. The summed E-state index contributed by atoms with van der Waals surface area (Å²) in [6, 6.07) is 20.5. The highest BCUT2D eigenvalue weighted by Gasteiger charge is 2.31. The van der Waals surface area contributed by atoms with Crippen molar-refractivity contribution in [3.63, 3.8) is 0 Å². The summed E-state index contributed by atoms with van der Waals surface area (Å²) in [5, 5.41) is 20.5. The third kappa shape index (κ3) is 5.59. The fraction of sp³-hybridized carbons (Fsp3) is 0.355. The number of aromatic hydroxyl groups is 2. The summed E-state index contributed by atoms with van der Waals surface area (Å²) in [5.74, 6) is 2.09. The molecule has 6 heteroatoms. The molecule has 2 aliphatic rings. The van der Waals surface area contributed by atoms with E-state index < -0.39 is 0 Å². The van der Waals surface area contributed by atoms with Crippen molar-refractivity contribution in [3.05, 3.63) is 83.4 Å². The van der Waals surface area contributed by atoms with Crippen molar-refractivity contribution in [1.82, 2.24) is 4.90 Å². The Morgan fingerprint density at radius 1 is 1.00 bits per heavy atom. The van der Waals surface area contributed by atoms with Gasteiger partial charge in [0.2, 0.25) is 0 Å². The van der Waals surface area contributed by atoms with Gasteiger partial charge >= 0.3 is 0 Å². The van der Waals surface area contributed by atoms with Crippen LogP contribution in [-0.2, 0) is 0 Å². The van der Waals surface area contributed by atoms with Gasteiger partial charge in [-0.05, 0) is 72.0 Å². The molecule has 1 unspecified atom stereocenters. The number of phenols is 2. The van der Waals surface area contributed by atoms with E-state index in [0.717, 1.165) is 78.2 Å². The zero-order chi connectivity index (χ0) is 25.8. The van der Waals surface area contributed by atoms with E-state index in [0.29, 0.717) is 6.61 Å². The molecule has 1 saturated heterocycles. The third-order valence-electron chi connectivity index (χ3n) is 7.17. The highest BCUT2D eigenvalue weighted by molar-refractivity contribution is 5.96. The topological polar surface area (TPSA) is 62.2 Å². The summed E-state index contributed by atoms with van der Waals surface area (Å²) >= 11 is 0. The van der Waals surface area contributed by atoms with Gasteiger partial charge in [-0.15, -0.1) is 0 Å². The average Bonchev–Trinajstić information content (AvgIpc) is 2.88. The van der Waals surface area contributed by atoms with Crippen LogP contribution in [0.15, 0.2) is 66.7 Å². The number of hydrogen-bond donors (Lipinski definition) is 2. The Hall–Kier alpha value is -3.51. The van der Waals surface area contributed by atoms with Crippen LogP contribution in [0.25, 0.3) is 11.1 Å². The molecule has 0 radical (unpaired) electrons. The number of likely N-dealkylation sites (tertiary alicyclic amines) is 1. The lowest BCUT2D eigenvalue weighted by molar-refractivity contribution is 0.0668. The Balaban J connectivity index is 1.44. The summed E-state index contributed by atoms with van der Waals surface area (Å²) in [5.41, 5.74) is 4.88. The second-order valence-electron chi connectivity index (χ2n) is 9.92. The molecule has 2 aliphatic heterocycles.